The highest BCUT2D eigenvalue weighted by atomic mass is 16.2. The van der Waals surface area contributed by atoms with E-state index >= 15 is 0 Å². The molecule has 130 valence electrons. The van der Waals surface area contributed by atoms with E-state index in [1.54, 1.807) is 0 Å². The van der Waals surface area contributed by atoms with Gasteiger partial charge in [0.25, 0.3) is 0 Å². The maximum Gasteiger partial charge on any atom is 0.236 e. The monoisotopic (exact) mass is 321 g/mol. The molecule has 5 heteroatoms. The van der Waals surface area contributed by atoms with Crippen LogP contribution in [0.15, 0.2) is 0 Å². The smallest absolute Gasteiger partial charge is 0.236 e. The van der Waals surface area contributed by atoms with Crippen molar-refractivity contribution in [3.05, 3.63) is 0 Å². The number of likely N-dealkylation sites (tertiary alicyclic amines) is 1. The number of nitrogens with one attached hydrogen (secondary N) is 1. The Balaban J connectivity index is 1.54. The number of nitrogens with zero attached hydrogens (tertiary/aromatic N) is 2. The lowest BCUT2D eigenvalue weighted by molar-refractivity contribution is -0.142. The second-order valence-corrected chi connectivity index (χ2v) is 7.63. The number of hydrogen-bond donors (Lipinski definition) is 1. The topological polar surface area (TPSA) is 52.7 Å². The summed E-state index contributed by atoms with van der Waals surface area (Å²) in [5, 5.41) is 3.12. The zero-order valence-corrected chi connectivity index (χ0v) is 14.4. The van der Waals surface area contributed by atoms with Crippen molar-refractivity contribution >= 4 is 11.8 Å². The summed E-state index contributed by atoms with van der Waals surface area (Å²) in [7, 11) is 0. The molecule has 5 nitrogen and oxygen atoms in total. The average molecular weight is 321 g/mol. The first kappa shape index (κ1) is 16.7. The fraction of sp³-hybridized carbons (Fsp3) is 0.889. The second-order valence-electron chi connectivity index (χ2n) is 7.63. The van der Waals surface area contributed by atoms with Crippen molar-refractivity contribution in [1.29, 1.82) is 0 Å². The maximum absolute atomic E-state index is 12.8. The zero-order chi connectivity index (χ0) is 16.2. The lowest BCUT2D eigenvalue weighted by Gasteiger charge is -2.41. The summed E-state index contributed by atoms with van der Waals surface area (Å²) in [5.74, 6) is 1.39. The molecule has 3 aliphatic rings. The van der Waals surface area contributed by atoms with Crippen LogP contribution in [-0.2, 0) is 9.59 Å². The molecule has 0 spiro atoms. The lowest BCUT2D eigenvalue weighted by Crippen LogP contribution is -2.58. The van der Waals surface area contributed by atoms with Crippen molar-refractivity contribution < 1.29 is 9.59 Å². The number of rotatable bonds is 4. The molecule has 2 saturated heterocycles. The van der Waals surface area contributed by atoms with Gasteiger partial charge in [0.05, 0.1) is 6.54 Å². The Morgan fingerprint density at radius 3 is 2.74 bits per heavy atom. The molecule has 3 rings (SSSR count). The van der Waals surface area contributed by atoms with Gasteiger partial charge in [-0.2, -0.15) is 0 Å². The molecule has 2 heterocycles. The summed E-state index contributed by atoms with van der Waals surface area (Å²) in [4.78, 5) is 28.9. The van der Waals surface area contributed by atoms with Gasteiger partial charge in [0.2, 0.25) is 11.8 Å². The average Bonchev–Trinajstić information content (AvgIpc) is 3.07. The molecule has 0 radical (unpaired) electrons. The maximum atomic E-state index is 12.8. The summed E-state index contributed by atoms with van der Waals surface area (Å²) in [6, 6.07) is 0.223. The Hall–Kier alpha value is -1.10. The molecule has 2 unspecified atom stereocenters. The highest BCUT2D eigenvalue weighted by Gasteiger charge is 2.33. The molecule has 0 aromatic carbocycles. The number of carbonyl (C=O) groups is 2. The zero-order valence-electron chi connectivity index (χ0n) is 14.4. The number of amides is 2. The Labute approximate surface area is 139 Å². The van der Waals surface area contributed by atoms with Crippen molar-refractivity contribution in [2.45, 2.75) is 57.9 Å². The molecule has 0 aromatic heterocycles. The lowest BCUT2D eigenvalue weighted by atomic mass is 9.92. The molecule has 0 bridgehead atoms. The van der Waals surface area contributed by atoms with Crippen LogP contribution < -0.4 is 5.32 Å². The SMILES string of the molecule is CC(CC1CCCC1)C(=O)N1CCCC(N2CCNCC2=O)C1. The summed E-state index contributed by atoms with van der Waals surface area (Å²) in [5.41, 5.74) is 0. The molecule has 2 amide bonds. The van der Waals surface area contributed by atoms with Crippen molar-refractivity contribution in [2.24, 2.45) is 11.8 Å². The molecule has 1 aliphatic carbocycles. The molecule has 23 heavy (non-hydrogen) atoms. The van der Waals surface area contributed by atoms with E-state index in [2.05, 4.69) is 12.2 Å². The Bertz CT molecular complexity index is 434. The van der Waals surface area contributed by atoms with E-state index in [1.807, 2.05) is 9.80 Å². The van der Waals surface area contributed by atoms with Gasteiger partial charge in [-0.3, -0.25) is 9.59 Å². The van der Waals surface area contributed by atoms with Crippen LogP contribution >= 0.6 is 0 Å². The van der Waals surface area contributed by atoms with Crippen LogP contribution in [0.25, 0.3) is 0 Å². The number of piperazine rings is 1. The fourth-order valence-electron chi connectivity index (χ4n) is 4.58. The number of hydrogen-bond acceptors (Lipinski definition) is 3. The molecular weight excluding hydrogens is 290 g/mol. The minimum absolute atomic E-state index is 0.135. The molecule has 0 aromatic rings. The van der Waals surface area contributed by atoms with Crippen molar-refractivity contribution in [3.8, 4) is 0 Å². The van der Waals surface area contributed by atoms with Gasteiger partial charge in [-0.25, -0.2) is 0 Å². The van der Waals surface area contributed by atoms with Gasteiger partial charge in [-0.1, -0.05) is 32.6 Å². The van der Waals surface area contributed by atoms with Gasteiger partial charge in [-0.05, 0) is 25.2 Å². The summed E-state index contributed by atoms with van der Waals surface area (Å²) >= 11 is 0. The van der Waals surface area contributed by atoms with Crippen LogP contribution in [0.1, 0.15) is 51.9 Å². The Morgan fingerprint density at radius 2 is 2.00 bits per heavy atom. The molecule has 2 atom stereocenters. The third-order valence-electron chi connectivity index (χ3n) is 5.86. The van der Waals surface area contributed by atoms with Gasteiger partial charge in [0.15, 0.2) is 0 Å². The van der Waals surface area contributed by atoms with Crippen molar-refractivity contribution in [1.82, 2.24) is 15.1 Å². The first-order valence-corrected chi connectivity index (χ1v) is 9.44. The normalized spacial score (nSPS) is 28.2. The van der Waals surface area contributed by atoms with Crippen molar-refractivity contribution in [2.75, 3.05) is 32.7 Å². The predicted molar refractivity (Wildman–Crippen MR) is 89.9 cm³/mol. The van der Waals surface area contributed by atoms with E-state index < -0.39 is 0 Å². The van der Waals surface area contributed by atoms with Gasteiger partial charge in [-0.15, -0.1) is 0 Å². The summed E-state index contributed by atoms with van der Waals surface area (Å²) in [6.07, 6.45) is 8.37. The standard InChI is InChI=1S/C18H31N3O2/c1-14(11-15-5-2-3-6-15)18(23)20-9-4-7-16(13-20)21-10-8-19-12-17(21)22/h14-16,19H,2-13H2,1H3. The number of piperidine rings is 1. The van der Waals surface area contributed by atoms with Gasteiger partial charge < -0.3 is 15.1 Å². The minimum Gasteiger partial charge on any atom is -0.340 e. The van der Waals surface area contributed by atoms with E-state index in [-0.39, 0.29) is 17.9 Å². The third-order valence-corrected chi connectivity index (χ3v) is 5.86. The third kappa shape index (κ3) is 4.06. The van der Waals surface area contributed by atoms with Gasteiger partial charge in [0.1, 0.15) is 0 Å². The first-order valence-electron chi connectivity index (χ1n) is 9.44. The minimum atomic E-state index is 0.135. The fourth-order valence-corrected chi connectivity index (χ4v) is 4.58. The highest BCUT2D eigenvalue weighted by molar-refractivity contribution is 5.80. The van der Waals surface area contributed by atoms with Crippen LogP contribution in [-0.4, -0.2) is 60.4 Å². The Morgan fingerprint density at radius 1 is 1.22 bits per heavy atom. The van der Waals surface area contributed by atoms with Gasteiger partial charge >= 0.3 is 0 Å². The quantitative estimate of drug-likeness (QED) is 0.856. The van der Waals surface area contributed by atoms with E-state index in [0.29, 0.717) is 12.5 Å². The van der Waals surface area contributed by atoms with Crippen LogP contribution in [0.5, 0.6) is 0 Å². The Kier molecular flexibility index (Phi) is 5.57. The molecule has 3 fully saturated rings. The van der Waals surface area contributed by atoms with E-state index in [0.717, 1.165) is 51.4 Å². The van der Waals surface area contributed by atoms with E-state index in [1.165, 1.54) is 25.7 Å². The van der Waals surface area contributed by atoms with Crippen LogP contribution in [0.4, 0.5) is 0 Å². The highest BCUT2D eigenvalue weighted by Crippen LogP contribution is 2.31. The van der Waals surface area contributed by atoms with E-state index in [4.69, 9.17) is 0 Å². The molecule has 1 saturated carbocycles. The first-order chi connectivity index (χ1) is 11.1. The van der Waals surface area contributed by atoms with Gasteiger partial charge in [0, 0.05) is 38.1 Å². The molecule has 1 N–H and O–H groups in total. The summed E-state index contributed by atoms with van der Waals surface area (Å²) < 4.78 is 0. The van der Waals surface area contributed by atoms with Crippen LogP contribution in [0, 0.1) is 11.8 Å². The van der Waals surface area contributed by atoms with Crippen LogP contribution in [0.3, 0.4) is 0 Å². The summed E-state index contributed by atoms with van der Waals surface area (Å²) in [6.45, 7) is 5.80. The largest absolute Gasteiger partial charge is 0.340 e. The molecule has 2 aliphatic heterocycles. The molecular formula is C18H31N3O2. The second kappa shape index (κ2) is 7.65. The predicted octanol–water partition coefficient (Wildman–Crippen LogP) is 1.63. The van der Waals surface area contributed by atoms with E-state index in [9.17, 15) is 9.59 Å². The number of carbonyl (C=O) groups excluding carboxylic acids is 2. The van der Waals surface area contributed by atoms with Crippen molar-refractivity contribution in [3.63, 3.8) is 0 Å². The van der Waals surface area contributed by atoms with Crippen LogP contribution in [0.2, 0.25) is 0 Å².